The molecule has 0 aliphatic heterocycles. The number of halogens is 3. The average molecular weight is 290 g/mol. The number of nitrogens with two attached hydrogens (primary N) is 1. The minimum absolute atomic E-state index is 0.0801. The van der Waals surface area contributed by atoms with E-state index in [1.165, 1.54) is 6.07 Å². The van der Waals surface area contributed by atoms with Crippen LogP contribution < -0.4 is 5.73 Å². The molecule has 1 aromatic rings. The molecule has 16 heavy (non-hydrogen) atoms. The van der Waals surface area contributed by atoms with Crippen LogP contribution in [0, 0.1) is 5.82 Å². The lowest BCUT2D eigenvalue weighted by atomic mass is 9.94. The summed E-state index contributed by atoms with van der Waals surface area (Å²) in [5.74, 6) is -0.355. The molecule has 2 unspecified atom stereocenters. The highest BCUT2D eigenvalue weighted by Crippen LogP contribution is 2.36. The van der Waals surface area contributed by atoms with Crippen LogP contribution in [0.15, 0.2) is 22.7 Å². The Balaban J connectivity index is 2.14. The lowest BCUT2D eigenvalue weighted by Gasteiger charge is -2.19. The average Bonchev–Trinajstić information content (AvgIpc) is 2.52. The summed E-state index contributed by atoms with van der Waals surface area (Å²) in [4.78, 5) is 0. The molecule has 1 aliphatic carbocycles. The van der Waals surface area contributed by atoms with Gasteiger partial charge >= 0.3 is 0 Å². The van der Waals surface area contributed by atoms with E-state index in [2.05, 4.69) is 15.9 Å². The first-order valence-corrected chi connectivity index (χ1v) is 6.16. The zero-order chi connectivity index (χ0) is 11.8. The molecule has 0 spiro atoms. The summed E-state index contributed by atoms with van der Waals surface area (Å²) in [6, 6.07) is 4.65. The van der Waals surface area contributed by atoms with Crippen molar-refractivity contribution in [2.45, 2.75) is 37.4 Å². The molecule has 1 nitrogen and oxygen atoms in total. The molecule has 0 radical (unpaired) electrons. The summed E-state index contributed by atoms with van der Waals surface area (Å²) in [6.45, 7) is 0. The highest BCUT2D eigenvalue weighted by molar-refractivity contribution is 9.10. The van der Waals surface area contributed by atoms with Gasteiger partial charge in [0.05, 0.1) is 0 Å². The van der Waals surface area contributed by atoms with E-state index in [0.717, 1.165) is 0 Å². The second-order valence-corrected chi connectivity index (χ2v) is 5.48. The summed E-state index contributed by atoms with van der Waals surface area (Å²) in [5.41, 5.74) is 4.79. The van der Waals surface area contributed by atoms with Gasteiger partial charge in [-0.25, -0.2) is 8.78 Å². The summed E-state index contributed by atoms with van der Waals surface area (Å²) in [7, 11) is 0. The Bertz CT molecular complexity index is 397. The second-order valence-electron chi connectivity index (χ2n) is 4.57. The smallest absolute Gasteiger partial charge is 0.127 e. The Kier molecular flexibility index (Phi) is 3.31. The predicted molar refractivity (Wildman–Crippen MR) is 63.5 cm³/mol. The van der Waals surface area contributed by atoms with Crippen LogP contribution in [0.25, 0.3) is 0 Å². The van der Waals surface area contributed by atoms with Crippen LogP contribution in [0.1, 0.15) is 24.8 Å². The zero-order valence-electron chi connectivity index (χ0n) is 8.85. The van der Waals surface area contributed by atoms with E-state index < -0.39 is 5.67 Å². The molecule has 2 N–H and O–H groups in total. The van der Waals surface area contributed by atoms with E-state index >= 15 is 0 Å². The summed E-state index contributed by atoms with van der Waals surface area (Å²) >= 11 is 3.18. The van der Waals surface area contributed by atoms with Gasteiger partial charge in [0.15, 0.2) is 0 Å². The maximum Gasteiger partial charge on any atom is 0.127 e. The van der Waals surface area contributed by atoms with E-state index in [1.54, 1.807) is 12.1 Å². The van der Waals surface area contributed by atoms with E-state index in [1.807, 2.05) is 0 Å². The standard InChI is InChI=1S/C12H14BrF2N/c13-9-2-1-8(11(14)5-9)6-12(15)4-3-10(16)7-12/h1-2,5,10H,3-4,6-7,16H2. The van der Waals surface area contributed by atoms with E-state index in [4.69, 9.17) is 5.73 Å². The Morgan fingerprint density at radius 1 is 1.50 bits per heavy atom. The van der Waals surface area contributed by atoms with Crippen LogP contribution in [-0.4, -0.2) is 11.7 Å². The van der Waals surface area contributed by atoms with Gasteiger partial charge in [0, 0.05) is 16.9 Å². The number of hydrogen-bond acceptors (Lipinski definition) is 1. The van der Waals surface area contributed by atoms with Gasteiger partial charge in [-0.1, -0.05) is 22.0 Å². The topological polar surface area (TPSA) is 26.0 Å². The number of hydrogen-bond donors (Lipinski definition) is 1. The SMILES string of the molecule is NC1CCC(F)(Cc2ccc(Br)cc2F)C1. The normalized spacial score (nSPS) is 29.6. The van der Waals surface area contributed by atoms with Crippen LogP contribution in [0.2, 0.25) is 0 Å². The summed E-state index contributed by atoms with van der Waals surface area (Å²) < 4.78 is 28.5. The molecule has 4 heteroatoms. The molecule has 0 heterocycles. The summed E-state index contributed by atoms with van der Waals surface area (Å²) in [6.07, 6.45) is 1.58. The molecule has 1 aromatic carbocycles. The molecular weight excluding hydrogens is 276 g/mol. The molecule has 0 bridgehead atoms. The van der Waals surface area contributed by atoms with E-state index in [9.17, 15) is 8.78 Å². The van der Waals surface area contributed by atoms with Crippen molar-refractivity contribution in [1.29, 1.82) is 0 Å². The largest absolute Gasteiger partial charge is 0.328 e. The van der Waals surface area contributed by atoms with Gasteiger partial charge in [-0.05, 0) is 37.0 Å². The predicted octanol–water partition coefficient (Wildman–Crippen LogP) is 3.35. The molecule has 1 fully saturated rings. The van der Waals surface area contributed by atoms with Crippen LogP contribution in [0.5, 0.6) is 0 Å². The quantitative estimate of drug-likeness (QED) is 0.888. The van der Waals surface area contributed by atoms with Crippen molar-refractivity contribution in [3.05, 3.63) is 34.1 Å². The third-order valence-electron chi connectivity index (χ3n) is 3.11. The Morgan fingerprint density at radius 3 is 2.81 bits per heavy atom. The van der Waals surface area contributed by atoms with Crippen molar-refractivity contribution in [1.82, 2.24) is 0 Å². The van der Waals surface area contributed by atoms with Crippen molar-refractivity contribution < 1.29 is 8.78 Å². The fraction of sp³-hybridized carbons (Fsp3) is 0.500. The van der Waals surface area contributed by atoms with Gasteiger partial charge in [0.25, 0.3) is 0 Å². The fourth-order valence-electron chi connectivity index (χ4n) is 2.29. The van der Waals surface area contributed by atoms with Crippen LogP contribution in [-0.2, 0) is 6.42 Å². The first-order chi connectivity index (χ1) is 7.48. The second kappa shape index (κ2) is 4.41. The van der Waals surface area contributed by atoms with Gasteiger partial charge in [0.1, 0.15) is 11.5 Å². The molecule has 88 valence electrons. The van der Waals surface area contributed by atoms with Gasteiger partial charge in [-0.3, -0.25) is 0 Å². The van der Waals surface area contributed by atoms with E-state index in [-0.39, 0.29) is 18.3 Å². The molecule has 0 aromatic heterocycles. The maximum atomic E-state index is 14.3. The fourth-order valence-corrected chi connectivity index (χ4v) is 2.62. The minimum Gasteiger partial charge on any atom is -0.328 e. The maximum absolute atomic E-state index is 14.3. The van der Waals surface area contributed by atoms with Crippen molar-refractivity contribution >= 4 is 15.9 Å². The number of benzene rings is 1. The van der Waals surface area contributed by atoms with Crippen LogP contribution >= 0.6 is 15.9 Å². The number of alkyl halides is 1. The van der Waals surface area contributed by atoms with Gasteiger partial charge in [-0.15, -0.1) is 0 Å². The van der Waals surface area contributed by atoms with Gasteiger partial charge < -0.3 is 5.73 Å². The summed E-state index contributed by atoms with van der Waals surface area (Å²) in [5, 5.41) is 0. The van der Waals surface area contributed by atoms with Gasteiger partial charge in [-0.2, -0.15) is 0 Å². The first-order valence-electron chi connectivity index (χ1n) is 5.37. The molecular formula is C12H14BrF2N. The highest BCUT2D eigenvalue weighted by Gasteiger charge is 2.38. The molecule has 1 saturated carbocycles. The van der Waals surface area contributed by atoms with Crippen LogP contribution in [0.3, 0.4) is 0 Å². The Hall–Kier alpha value is -0.480. The zero-order valence-corrected chi connectivity index (χ0v) is 10.4. The molecule has 2 rings (SSSR count). The van der Waals surface area contributed by atoms with Crippen molar-refractivity contribution in [2.75, 3.05) is 0 Å². The van der Waals surface area contributed by atoms with Crippen molar-refractivity contribution in [3.63, 3.8) is 0 Å². The van der Waals surface area contributed by atoms with Crippen molar-refractivity contribution in [2.24, 2.45) is 5.73 Å². The van der Waals surface area contributed by atoms with Gasteiger partial charge in [0.2, 0.25) is 0 Å². The molecule has 2 atom stereocenters. The lowest BCUT2D eigenvalue weighted by molar-refractivity contribution is 0.169. The minimum atomic E-state index is -1.33. The first kappa shape index (κ1) is 12.0. The molecule has 0 amide bonds. The Morgan fingerprint density at radius 2 is 2.25 bits per heavy atom. The third kappa shape index (κ3) is 2.61. The Labute approximate surface area is 102 Å². The molecule has 1 aliphatic rings. The van der Waals surface area contributed by atoms with E-state index in [0.29, 0.717) is 29.3 Å². The highest BCUT2D eigenvalue weighted by atomic mass is 79.9. The third-order valence-corrected chi connectivity index (χ3v) is 3.61. The van der Waals surface area contributed by atoms with Crippen LogP contribution in [0.4, 0.5) is 8.78 Å². The lowest BCUT2D eigenvalue weighted by Crippen LogP contribution is -2.26. The monoisotopic (exact) mass is 289 g/mol. The van der Waals surface area contributed by atoms with Crippen molar-refractivity contribution in [3.8, 4) is 0 Å². The number of rotatable bonds is 2. The molecule has 0 saturated heterocycles.